The van der Waals surface area contributed by atoms with Crippen molar-refractivity contribution in [1.29, 1.82) is 0 Å². The van der Waals surface area contributed by atoms with E-state index in [2.05, 4.69) is 0 Å². The van der Waals surface area contributed by atoms with E-state index in [1.807, 2.05) is 0 Å². The van der Waals surface area contributed by atoms with Crippen LogP contribution in [0.4, 0.5) is 5.69 Å². The molecule has 122 valence electrons. The van der Waals surface area contributed by atoms with Gasteiger partial charge in [-0.2, -0.15) is 0 Å². The van der Waals surface area contributed by atoms with Gasteiger partial charge in [0.05, 0.1) is 12.8 Å². The molecule has 2 aromatic carbocycles. The molecule has 2 aromatic rings. The van der Waals surface area contributed by atoms with Crippen molar-refractivity contribution in [2.45, 2.75) is 11.3 Å². The fraction of sp³-hybridized carbons (Fsp3) is 0.188. The molecule has 0 spiro atoms. The summed E-state index contributed by atoms with van der Waals surface area (Å²) in [4.78, 5) is 11.1. The molecule has 23 heavy (non-hydrogen) atoms. The Labute approximate surface area is 135 Å². The van der Waals surface area contributed by atoms with Crippen molar-refractivity contribution in [3.63, 3.8) is 0 Å². The molecule has 0 saturated carbocycles. The van der Waals surface area contributed by atoms with Crippen LogP contribution in [0.5, 0.6) is 5.75 Å². The maximum Gasteiger partial charge on any atom is 0.268 e. The maximum absolute atomic E-state index is 13.0. The number of carbonyl (C=O) groups is 1. The normalized spacial score (nSPS) is 11.0. The molecule has 0 aromatic heterocycles. The molecule has 0 aliphatic heterocycles. The Morgan fingerprint density at radius 2 is 1.70 bits per heavy atom. The van der Waals surface area contributed by atoms with E-state index in [9.17, 15) is 13.2 Å². The Balaban J connectivity index is 2.50. The number of sulfonamides is 1. The van der Waals surface area contributed by atoms with Crippen LogP contribution < -0.4 is 14.8 Å². The van der Waals surface area contributed by atoms with Crippen molar-refractivity contribution >= 4 is 21.6 Å². The van der Waals surface area contributed by atoms with Crippen LogP contribution in [-0.2, 0) is 14.8 Å². The Bertz CT molecular complexity index is 776. The van der Waals surface area contributed by atoms with E-state index in [4.69, 9.17) is 10.5 Å². The molecule has 7 heteroatoms. The van der Waals surface area contributed by atoms with Crippen LogP contribution in [0.25, 0.3) is 0 Å². The van der Waals surface area contributed by atoms with E-state index in [-0.39, 0.29) is 23.6 Å². The van der Waals surface area contributed by atoms with Crippen LogP contribution in [0.2, 0.25) is 0 Å². The van der Waals surface area contributed by atoms with Crippen molar-refractivity contribution in [3.05, 3.63) is 54.6 Å². The summed E-state index contributed by atoms with van der Waals surface area (Å²) in [6.07, 6.45) is -0.0801. The Hall–Kier alpha value is -2.54. The van der Waals surface area contributed by atoms with Crippen LogP contribution in [0, 0.1) is 0 Å². The first-order valence-electron chi connectivity index (χ1n) is 6.96. The second-order valence-electron chi connectivity index (χ2n) is 4.78. The molecule has 2 N–H and O–H groups in total. The van der Waals surface area contributed by atoms with Crippen LogP contribution in [0.3, 0.4) is 0 Å². The average molecular weight is 334 g/mol. The smallest absolute Gasteiger partial charge is 0.268 e. The topological polar surface area (TPSA) is 89.7 Å². The lowest BCUT2D eigenvalue weighted by atomic mass is 10.3. The van der Waals surface area contributed by atoms with Gasteiger partial charge in [0.2, 0.25) is 5.91 Å². The number of amides is 1. The first-order chi connectivity index (χ1) is 11.0. The molecule has 0 heterocycles. The van der Waals surface area contributed by atoms with Crippen LogP contribution in [0.1, 0.15) is 6.42 Å². The van der Waals surface area contributed by atoms with Crippen molar-refractivity contribution in [2.75, 3.05) is 18.0 Å². The second-order valence-corrected chi connectivity index (χ2v) is 6.61. The van der Waals surface area contributed by atoms with Gasteiger partial charge in [-0.15, -0.1) is 0 Å². The van der Waals surface area contributed by atoms with Gasteiger partial charge in [-0.3, -0.25) is 9.10 Å². The Morgan fingerprint density at radius 1 is 1.09 bits per heavy atom. The minimum atomic E-state index is -3.89. The summed E-state index contributed by atoms with van der Waals surface area (Å²) in [5.41, 5.74) is 5.63. The number of nitrogens with two attached hydrogens (primary N) is 1. The number of carbonyl (C=O) groups excluding carboxylic acids is 1. The summed E-state index contributed by atoms with van der Waals surface area (Å²) in [5, 5.41) is 0. The van der Waals surface area contributed by atoms with Gasteiger partial charge >= 0.3 is 0 Å². The molecule has 0 unspecified atom stereocenters. The minimum Gasteiger partial charge on any atom is -0.495 e. The highest BCUT2D eigenvalue weighted by atomic mass is 32.2. The SMILES string of the molecule is COc1ccccc1S(=O)(=O)N(CCC(N)=O)c1ccccc1. The molecule has 0 bridgehead atoms. The fourth-order valence-electron chi connectivity index (χ4n) is 2.14. The van der Waals surface area contributed by atoms with Crippen molar-refractivity contribution in [2.24, 2.45) is 5.73 Å². The molecule has 0 atom stereocenters. The van der Waals surface area contributed by atoms with E-state index in [1.54, 1.807) is 48.5 Å². The standard InChI is InChI=1S/C16H18N2O4S/c1-22-14-9-5-6-10-15(14)23(20,21)18(12-11-16(17)19)13-7-3-2-4-8-13/h2-10H,11-12H2,1H3,(H2,17,19). The van der Waals surface area contributed by atoms with E-state index in [1.165, 1.54) is 13.2 Å². The summed E-state index contributed by atoms with van der Waals surface area (Å²) in [6, 6.07) is 14.9. The van der Waals surface area contributed by atoms with E-state index < -0.39 is 15.9 Å². The van der Waals surface area contributed by atoms with Gasteiger partial charge in [0.1, 0.15) is 10.6 Å². The molecular weight excluding hydrogens is 316 g/mol. The van der Waals surface area contributed by atoms with Gasteiger partial charge in [0.15, 0.2) is 0 Å². The summed E-state index contributed by atoms with van der Waals surface area (Å²) in [6.45, 7) is -0.0419. The summed E-state index contributed by atoms with van der Waals surface area (Å²) in [7, 11) is -2.48. The van der Waals surface area contributed by atoms with Crippen LogP contribution in [-0.4, -0.2) is 28.0 Å². The van der Waals surface area contributed by atoms with Crippen molar-refractivity contribution in [1.82, 2.24) is 0 Å². The zero-order chi connectivity index (χ0) is 16.9. The highest BCUT2D eigenvalue weighted by molar-refractivity contribution is 7.93. The number of hydrogen-bond acceptors (Lipinski definition) is 4. The highest BCUT2D eigenvalue weighted by Crippen LogP contribution is 2.29. The number of para-hydroxylation sites is 2. The largest absolute Gasteiger partial charge is 0.495 e. The minimum absolute atomic E-state index is 0.0378. The second kappa shape index (κ2) is 7.15. The average Bonchev–Trinajstić information content (AvgIpc) is 2.55. The summed E-state index contributed by atoms with van der Waals surface area (Å²) < 4.78 is 32.3. The Kier molecular flexibility index (Phi) is 5.23. The van der Waals surface area contributed by atoms with Crippen LogP contribution in [0.15, 0.2) is 59.5 Å². The number of primary amides is 1. The summed E-state index contributed by atoms with van der Waals surface area (Å²) in [5.74, 6) is -0.325. The zero-order valence-electron chi connectivity index (χ0n) is 12.7. The van der Waals surface area contributed by atoms with Gasteiger partial charge in [-0.1, -0.05) is 30.3 Å². The molecular formula is C16H18N2O4S. The number of ether oxygens (including phenoxy) is 1. The lowest BCUT2D eigenvalue weighted by Gasteiger charge is -2.24. The lowest BCUT2D eigenvalue weighted by Crippen LogP contribution is -2.34. The third-order valence-electron chi connectivity index (χ3n) is 3.24. The van der Waals surface area contributed by atoms with Crippen molar-refractivity contribution in [3.8, 4) is 5.75 Å². The number of methoxy groups -OCH3 is 1. The highest BCUT2D eigenvalue weighted by Gasteiger charge is 2.28. The van der Waals surface area contributed by atoms with Gasteiger partial charge < -0.3 is 10.5 Å². The monoisotopic (exact) mass is 334 g/mol. The third-order valence-corrected chi connectivity index (χ3v) is 5.11. The number of hydrogen-bond donors (Lipinski definition) is 1. The predicted molar refractivity (Wildman–Crippen MR) is 87.8 cm³/mol. The van der Waals surface area contributed by atoms with Gasteiger partial charge in [-0.05, 0) is 24.3 Å². The molecule has 0 saturated heterocycles. The quantitative estimate of drug-likeness (QED) is 0.835. The van der Waals surface area contributed by atoms with Gasteiger partial charge in [0, 0.05) is 13.0 Å². The first-order valence-corrected chi connectivity index (χ1v) is 8.40. The third kappa shape index (κ3) is 3.81. The molecule has 2 rings (SSSR count). The molecule has 1 amide bonds. The van der Waals surface area contributed by atoms with Crippen molar-refractivity contribution < 1.29 is 17.9 Å². The molecule has 0 aliphatic rings. The van der Waals surface area contributed by atoms with Gasteiger partial charge in [-0.25, -0.2) is 8.42 Å². The van der Waals surface area contributed by atoms with E-state index >= 15 is 0 Å². The fourth-order valence-corrected chi connectivity index (χ4v) is 3.77. The number of benzene rings is 2. The van der Waals surface area contributed by atoms with Crippen LogP contribution >= 0.6 is 0 Å². The molecule has 0 aliphatic carbocycles. The lowest BCUT2D eigenvalue weighted by molar-refractivity contribution is -0.117. The summed E-state index contributed by atoms with van der Waals surface area (Å²) >= 11 is 0. The number of anilines is 1. The molecule has 0 fully saturated rings. The number of rotatable bonds is 7. The maximum atomic E-state index is 13.0. The molecule has 0 radical (unpaired) electrons. The molecule has 6 nitrogen and oxygen atoms in total. The van der Waals surface area contributed by atoms with E-state index in [0.29, 0.717) is 5.69 Å². The zero-order valence-corrected chi connectivity index (χ0v) is 13.5. The van der Waals surface area contributed by atoms with Gasteiger partial charge in [0.25, 0.3) is 10.0 Å². The first kappa shape index (κ1) is 16.8. The predicted octanol–water partition coefficient (Wildman–Crippen LogP) is 1.77. The van der Waals surface area contributed by atoms with E-state index in [0.717, 1.165) is 4.31 Å². The Morgan fingerprint density at radius 3 is 2.30 bits per heavy atom. The number of nitrogens with zero attached hydrogens (tertiary/aromatic N) is 1.